The van der Waals surface area contributed by atoms with Gasteiger partial charge < -0.3 is 0 Å². The Hall–Kier alpha value is -1.42. The van der Waals surface area contributed by atoms with Gasteiger partial charge in [-0.15, -0.1) is 5.10 Å². The third-order valence-electron chi connectivity index (χ3n) is 1.64. The monoisotopic (exact) mass is 197 g/mol. The Morgan fingerprint density at radius 3 is 3.00 bits per heavy atom. The van der Waals surface area contributed by atoms with Crippen molar-refractivity contribution in [2.75, 3.05) is 0 Å². The number of hydrogen-bond acceptors (Lipinski definition) is 2. The number of aromatic nitrogens is 3. The fourth-order valence-corrected chi connectivity index (χ4v) is 1.17. The van der Waals surface area contributed by atoms with Crippen LogP contribution in [-0.4, -0.2) is 15.0 Å². The van der Waals surface area contributed by atoms with E-state index in [0.717, 1.165) is 10.2 Å². The van der Waals surface area contributed by atoms with E-state index in [0.29, 0.717) is 11.0 Å². The number of para-hydroxylation sites is 1. The molecule has 2 aromatic rings. The number of hydrogen-bond donors (Lipinski definition) is 0. The van der Waals surface area contributed by atoms with Gasteiger partial charge in [0.15, 0.2) is 0 Å². The third kappa shape index (κ3) is 1.29. The average molecular weight is 198 g/mol. The van der Waals surface area contributed by atoms with Gasteiger partial charge in [0, 0.05) is 0 Å². The molecular formula is C8H5ClFN3. The van der Waals surface area contributed by atoms with Crippen LogP contribution in [0.1, 0.15) is 0 Å². The molecule has 3 nitrogen and oxygen atoms in total. The van der Waals surface area contributed by atoms with Gasteiger partial charge in [-0.1, -0.05) is 28.9 Å². The minimum atomic E-state index is -0.643. The molecule has 0 atom stereocenters. The highest BCUT2D eigenvalue weighted by Gasteiger charge is 2.05. The second kappa shape index (κ2) is 3.14. The number of rotatable bonds is 1. The van der Waals surface area contributed by atoms with Crippen LogP contribution >= 0.6 is 11.6 Å². The molecule has 0 unspecified atom stereocenters. The van der Waals surface area contributed by atoms with E-state index in [1.54, 1.807) is 18.2 Å². The highest BCUT2D eigenvalue weighted by atomic mass is 35.5. The molecule has 0 N–H and O–H groups in total. The topological polar surface area (TPSA) is 30.7 Å². The number of nitrogens with zero attached hydrogens (tertiary/aromatic N) is 3. The molecule has 1 aromatic carbocycles. The molecule has 1 heterocycles. The van der Waals surface area contributed by atoms with Crippen molar-refractivity contribution in [2.45, 2.75) is 0 Å². The van der Waals surface area contributed by atoms with Crippen LogP contribution in [0.4, 0.5) is 4.39 Å². The zero-order chi connectivity index (χ0) is 9.26. The number of halogens is 2. The molecule has 66 valence electrons. The molecule has 0 fully saturated rings. The summed E-state index contributed by atoms with van der Waals surface area (Å²) in [5, 5.41) is 7.37. The van der Waals surface area contributed by atoms with Crippen molar-refractivity contribution < 1.29 is 4.39 Å². The lowest BCUT2D eigenvalue weighted by molar-refractivity contribution is 0.647. The van der Waals surface area contributed by atoms with E-state index in [1.807, 2.05) is 6.07 Å². The Balaban J connectivity index is 2.71. The van der Waals surface area contributed by atoms with Crippen molar-refractivity contribution in [2.24, 2.45) is 0 Å². The highest BCUT2D eigenvalue weighted by Crippen LogP contribution is 2.15. The van der Waals surface area contributed by atoms with Gasteiger partial charge in [0.25, 0.3) is 0 Å². The first-order chi connectivity index (χ1) is 6.33. The second-order valence-electron chi connectivity index (χ2n) is 2.42. The molecule has 13 heavy (non-hydrogen) atoms. The molecular weight excluding hydrogens is 193 g/mol. The van der Waals surface area contributed by atoms with E-state index in [9.17, 15) is 4.39 Å². The van der Waals surface area contributed by atoms with E-state index in [2.05, 4.69) is 10.3 Å². The normalized spacial score (nSPS) is 12.3. The molecule has 0 aliphatic carbocycles. The zero-order valence-electron chi connectivity index (χ0n) is 6.48. The standard InChI is InChI=1S/C8H5ClFN3/c9-5-8(10)13-7-4-2-1-3-6(7)11-12-13/h1-5H/b8-5+. The summed E-state index contributed by atoms with van der Waals surface area (Å²) in [5.41, 5.74) is 2.05. The van der Waals surface area contributed by atoms with Crippen LogP contribution in [0.5, 0.6) is 0 Å². The van der Waals surface area contributed by atoms with E-state index >= 15 is 0 Å². The van der Waals surface area contributed by atoms with E-state index in [-0.39, 0.29) is 0 Å². The summed E-state index contributed by atoms with van der Waals surface area (Å²) >= 11 is 5.22. The SMILES string of the molecule is F/C(=C\Cl)n1nnc2ccccc21. The summed E-state index contributed by atoms with van der Waals surface area (Å²) in [6, 6.07) is 7.06. The maximum absolute atomic E-state index is 13.0. The van der Waals surface area contributed by atoms with Gasteiger partial charge in [0.1, 0.15) is 5.52 Å². The molecule has 0 aliphatic heterocycles. The Morgan fingerprint density at radius 2 is 2.23 bits per heavy atom. The van der Waals surface area contributed by atoms with Crippen LogP contribution in [0.3, 0.4) is 0 Å². The van der Waals surface area contributed by atoms with Gasteiger partial charge in [-0.25, -0.2) is 0 Å². The highest BCUT2D eigenvalue weighted by molar-refractivity contribution is 6.27. The largest absolute Gasteiger partial charge is 0.227 e. The molecule has 0 saturated carbocycles. The lowest BCUT2D eigenvalue weighted by atomic mass is 10.3. The molecule has 5 heteroatoms. The molecule has 0 aliphatic rings. The summed E-state index contributed by atoms with van der Waals surface area (Å²) in [6.07, 6.45) is 0. The quantitative estimate of drug-likeness (QED) is 0.703. The van der Waals surface area contributed by atoms with Crippen molar-refractivity contribution in [3.63, 3.8) is 0 Å². The summed E-state index contributed by atoms with van der Waals surface area (Å²) in [4.78, 5) is 0. The minimum absolute atomic E-state index is 0.594. The third-order valence-corrected chi connectivity index (χ3v) is 1.82. The summed E-state index contributed by atoms with van der Waals surface area (Å²) in [5.74, 6) is -0.643. The average Bonchev–Trinajstić information content (AvgIpc) is 2.60. The molecule has 0 amide bonds. The van der Waals surface area contributed by atoms with Crippen LogP contribution in [0.2, 0.25) is 0 Å². The molecule has 0 radical (unpaired) electrons. The van der Waals surface area contributed by atoms with Crippen LogP contribution in [0, 0.1) is 0 Å². The first-order valence-corrected chi connectivity index (χ1v) is 4.03. The first-order valence-electron chi connectivity index (χ1n) is 3.59. The van der Waals surface area contributed by atoms with Crippen LogP contribution < -0.4 is 0 Å². The fourth-order valence-electron chi connectivity index (χ4n) is 1.07. The van der Waals surface area contributed by atoms with Gasteiger partial charge in [-0.3, -0.25) is 0 Å². The predicted molar refractivity (Wildman–Crippen MR) is 48.8 cm³/mol. The summed E-state index contributed by atoms with van der Waals surface area (Å²) in [6.45, 7) is 0. The predicted octanol–water partition coefficient (Wildman–Crippen LogP) is 2.40. The van der Waals surface area contributed by atoms with Gasteiger partial charge in [0.05, 0.1) is 11.1 Å². The minimum Gasteiger partial charge on any atom is -0.185 e. The molecule has 0 bridgehead atoms. The van der Waals surface area contributed by atoms with Gasteiger partial charge in [-0.05, 0) is 12.1 Å². The molecule has 1 aromatic heterocycles. The second-order valence-corrected chi connectivity index (χ2v) is 2.64. The molecule has 0 spiro atoms. The van der Waals surface area contributed by atoms with Crippen molar-refractivity contribution in [1.82, 2.24) is 15.0 Å². The lowest BCUT2D eigenvalue weighted by Gasteiger charge is -1.94. The van der Waals surface area contributed by atoms with Crippen LogP contribution in [-0.2, 0) is 0 Å². The smallest absolute Gasteiger partial charge is 0.185 e. The Labute approximate surface area is 78.4 Å². The Kier molecular flexibility index (Phi) is 1.98. The lowest BCUT2D eigenvalue weighted by Crippen LogP contribution is -1.93. The Bertz CT molecular complexity index is 463. The molecule has 0 saturated heterocycles. The number of fused-ring (bicyclic) bond motifs is 1. The maximum atomic E-state index is 13.0. The van der Waals surface area contributed by atoms with Gasteiger partial charge in [0.2, 0.25) is 5.95 Å². The van der Waals surface area contributed by atoms with Gasteiger partial charge in [-0.2, -0.15) is 9.07 Å². The number of benzene rings is 1. The van der Waals surface area contributed by atoms with Crippen LogP contribution in [0.25, 0.3) is 17.0 Å². The van der Waals surface area contributed by atoms with Crippen molar-refractivity contribution in [3.8, 4) is 0 Å². The van der Waals surface area contributed by atoms with Crippen molar-refractivity contribution >= 4 is 28.6 Å². The Morgan fingerprint density at radius 1 is 1.46 bits per heavy atom. The fraction of sp³-hybridized carbons (Fsp3) is 0. The van der Waals surface area contributed by atoms with Crippen molar-refractivity contribution in [3.05, 3.63) is 29.8 Å². The van der Waals surface area contributed by atoms with Gasteiger partial charge >= 0.3 is 0 Å². The first kappa shape index (κ1) is 8.19. The van der Waals surface area contributed by atoms with E-state index in [1.165, 1.54) is 0 Å². The van der Waals surface area contributed by atoms with Crippen LogP contribution in [0.15, 0.2) is 29.8 Å². The summed E-state index contributed by atoms with van der Waals surface area (Å²) < 4.78 is 14.1. The zero-order valence-corrected chi connectivity index (χ0v) is 7.24. The maximum Gasteiger partial charge on any atom is 0.227 e. The van der Waals surface area contributed by atoms with E-state index in [4.69, 9.17) is 11.6 Å². The summed E-state index contributed by atoms with van der Waals surface area (Å²) in [7, 11) is 0. The van der Waals surface area contributed by atoms with E-state index < -0.39 is 5.95 Å². The molecule has 2 rings (SSSR count). The van der Waals surface area contributed by atoms with Crippen molar-refractivity contribution in [1.29, 1.82) is 0 Å².